The number of aromatic nitrogens is 2. The summed E-state index contributed by atoms with van der Waals surface area (Å²) in [6.07, 6.45) is 3.98. The highest BCUT2D eigenvalue weighted by atomic mass is 16.5. The number of hydrogen-bond acceptors (Lipinski definition) is 4. The molecular formula is C25H29N3O3. The summed E-state index contributed by atoms with van der Waals surface area (Å²) in [7, 11) is 0. The lowest BCUT2D eigenvalue weighted by Gasteiger charge is -2.26. The number of aromatic hydroxyl groups is 1. The number of hydrogen-bond donors (Lipinski definition) is 2. The summed E-state index contributed by atoms with van der Waals surface area (Å²) in [4.78, 5) is 15.2. The molecule has 0 unspecified atom stereocenters. The van der Waals surface area contributed by atoms with E-state index in [4.69, 9.17) is 4.74 Å². The van der Waals surface area contributed by atoms with E-state index in [1.165, 1.54) is 0 Å². The SMILES string of the molecule is CCCCOc1cccc([C@H]2c3c(-c4ccccc4O)n[nH]c3C(=O)N2CCCC)c1. The lowest BCUT2D eigenvalue weighted by atomic mass is 9.95. The number of fused-ring (bicyclic) bond motifs is 1. The van der Waals surface area contributed by atoms with E-state index in [1.54, 1.807) is 12.1 Å². The fourth-order valence-electron chi connectivity index (χ4n) is 4.09. The lowest BCUT2D eigenvalue weighted by Crippen LogP contribution is -2.30. The minimum Gasteiger partial charge on any atom is -0.507 e. The molecule has 4 rings (SSSR count). The number of benzene rings is 2. The average molecular weight is 420 g/mol. The molecule has 0 radical (unpaired) electrons. The molecule has 0 fully saturated rings. The minimum atomic E-state index is -0.280. The van der Waals surface area contributed by atoms with Gasteiger partial charge in [-0.3, -0.25) is 9.89 Å². The topological polar surface area (TPSA) is 78.5 Å². The Morgan fingerprint density at radius 2 is 1.90 bits per heavy atom. The van der Waals surface area contributed by atoms with Gasteiger partial charge in [0.1, 0.15) is 22.9 Å². The maximum absolute atomic E-state index is 13.3. The van der Waals surface area contributed by atoms with Crippen LogP contribution in [0.5, 0.6) is 11.5 Å². The number of unbranched alkanes of at least 4 members (excludes halogenated alkanes) is 2. The van der Waals surface area contributed by atoms with Crippen LogP contribution in [0, 0.1) is 0 Å². The van der Waals surface area contributed by atoms with E-state index in [0.29, 0.717) is 30.1 Å². The standard InChI is InChI=1S/C25H29N3O3/c1-3-5-14-28-24(17-10-9-11-18(16-17)31-15-6-4-2)21-22(26-27-23(21)25(28)30)19-12-7-8-13-20(19)29/h7-13,16,24,29H,3-6,14-15H2,1-2H3,(H,26,27)/t24-/m0/s1. The number of phenolic OH excluding ortho intramolecular Hbond substituents is 1. The van der Waals surface area contributed by atoms with Crippen LogP contribution in [0.4, 0.5) is 0 Å². The van der Waals surface area contributed by atoms with Crippen LogP contribution in [-0.2, 0) is 0 Å². The van der Waals surface area contributed by atoms with Gasteiger partial charge in [-0.25, -0.2) is 0 Å². The van der Waals surface area contributed by atoms with Crippen molar-refractivity contribution in [2.24, 2.45) is 0 Å². The third-order valence-corrected chi connectivity index (χ3v) is 5.72. The maximum atomic E-state index is 13.3. The molecule has 6 heteroatoms. The molecule has 31 heavy (non-hydrogen) atoms. The molecule has 1 aliphatic rings. The molecule has 1 aliphatic heterocycles. The van der Waals surface area contributed by atoms with Gasteiger partial charge in [0, 0.05) is 17.7 Å². The van der Waals surface area contributed by atoms with Crippen molar-refractivity contribution in [3.05, 3.63) is 65.4 Å². The summed E-state index contributed by atoms with van der Waals surface area (Å²) < 4.78 is 5.93. The largest absolute Gasteiger partial charge is 0.507 e. The zero-order valence-corrected chi connectivity index (χ0v) is 18.1. The summed E-state index contributed by atoms with van der Waals surface area (Å²) in [6, 6.07) is 14.8. The van der Waals surface area contributed by atoms with Crippen LogP contribution in [0.3, 0.4) is 0 Å². The van der Waals surface area contributed by atoms with Gasteiger partial charge in [-0.1, -0.05) is 51.0 Å². The number of nitrogens with zero attached hydrogens (tertiary/aromatic N) is 2. The van der Waals surface area contributed by atoms with Gasteiger partial charge < -0.3 is 14.7 Å². The molecule has 1 atom stereocenters. The van der Waals surface area contributed by atoms with Crippen molar-refractivity contribution in [2.75, 3.05) is 13.2 Å². The monoisotopic (exact) mass is 419 g/mol. The van der Waals surface area contributed by atoms with Crippen LogP contribution in [0.2, 0.25) is 0 Å². The predicted molar refractivity (Wildman–Crippen MR) is 120 cm³/mol. The van der Waals surface area contributed by atoms with Crippen molar-refractivity contribution >= 4 is 5.91 Å². The molecule has 1 aromatic heterocycles. The first-order chi connectivity index (χ1) is 15.2. The number of carbonyl (C=O) groups excluding carboxylic acids is 1. The molecule has 162 valence electrons. The van der Waals surface area contributed by atoms with Crippen molar-refractivity contribution in [1.29, 1.82) is 0 Å². The van der Waals surface area contributed by atoms with Gasteiger partial charge in [-0.2, -0.15) is 5.10 Å². The summed E-state index contributed by atoms with van der Waals surface area (Å²) in [6.45, 7) is 5.58. The summed E-state index contributed by atoms with van der Waals surface area (Å²) >= 11 is 0. The Bertz CT molecular complexity index is 1060. The van der Waals surface area contributed by atoms with Gasteiger partial charge in [0.2, 0.25) is 0 Å². The third kappa shape index (κ3) is 4.02. The second-order valence-electron chi connectivity index (χ2n) is 7.91. The van der Waals surface area contributed by atoms with E-state index in [2.05, 4.69) is 24.0 Å². The van der Waals surface area contributed by atoms with Crippen LogP contribution in [0.25, 0.3) is 11.3 Å². The van der Waals surface area contributed by atoms with Crippen LogP contribution in [0.1, 0.15) is 67.2 Å². The molecule has 0 spiro atoms. The van der Waals surface area contributed by atoms with Crippen LogP contribution < -0.4 is 4.74 Å². The molecule has 0 saturated heterocycles. The molecule has 0 aliphatic carbocycles. The molecule has 0 bridgehead atoms. The summed E-state index contributed by atoms with van der Waals surface area (Å²) in [5.41, 5.74) is 3.52. The number of aromatic amines is 1. The van der Waals surface area contributed by atoms with E-state index in [9.17, 15) is 9.90 Å². The number of amides is 1. The van der Waals surface area contributed by atoms with Crippen molar-refractivity contribution in [3.8, 4) is 22.8 Å². The van der Waals surface area contributed by atoms with E-state index in [0.717, 1.165) is 42.6 Å². The summed E-state index contributed by atoms with van der Waals surface area (Å²) in [5, 5.41) is 17.8. The number of H-pyrrole nitrogens is 1. The molecular weight excluding hydrogens is 390 g/mol. The van der Waals surface area contributed by atoms with Gasteiger partial charge in [0.15, 0.2) is 0 Å². The van der Waals surface area contributed by atoms with Gasteiger partial charge in [-0.15, -0.1) is 0 Å². The lowest BCUT2D eigenvalue weighted by molar-refractivity contribution is 0.0741. The molecule has 3 aromatic rings. The fourth-order valence-corrected chi connectivity index (χ4v) is 4.09. The quantitative estimate of drug-likeness (QED) is 0.461. The second kappa shape index (κ2) is 9.25. The Morgan fingerprint density at radius 3 is 2.68 bits per heavy atom. The van der Waals surface area contributed by atoms with Gasteiger partial charge in [-0.05, 0) is 42.7 Å². The maximum Gasteiger partial charge on any atom is 0.273 e. The van der Waals surface area contributed by atoms with Crippen molar-refractivity contribution in [3.63, 3.8) is 0 Å². The highest BCUT2D eigenvalue weighted by Crippen LogP contribution is 2.44. The molecule has 1 amide bonds. The van der Waals surface area contributed by atoms with E-state index >= 15 is 0 Å². The third-order valence-electron chi connectivity index (χ3n) is 5.72. The molecule has 2 heterocycles. The van der Waals surface area contributed by atoms with Crippen LogP contribution in [0.15, 0.2) is 48.5 Å². The van der Waals surface area contributed by atoms with E-state index < -0.39 is 0 Å². The molecule has 0 saturated carbocycles. The fraction of sp³-hybridized carbons (Fsp3) is 0.360. The number of rotatable bonds is 9. The van der Waals surface area contributed by atoms with Crippen molar-refractivity contribution < 1.29 is 14.6 Å². The van der Waals surface area contributed by atoms with Crippen LogP contribution >= 0.6 is 0 Å². The minimum absolute atomic E-state index is 0.0556. The zero-order valence-electron chi connectivity index (χ0n) is 18.1. The van der Waals surface area contributed by atoms with Gasteiger partial charge in [0.05, 0.1) is 12.6 Å². The molecule has 2 N–H and O–H groups in total. The van der Waals surface area contributed by atoms with E-state index in [-0.39, 0.29) is 17.7 Å². The number of ether oxygens (including phenoxy) is 1. The van der Waals surface area contributed by atoms with E-state index in [1.807, 2.05) is 41.3 Å². The number of nitrogens with one attached hydrogen (secondary N) is 1. The predicted octanol–water partition coefficient (Wildman–Crippen LogP) is 5.31. The first-order valence-electron chi connectivity index (χ1n) is 11.1. The Hall–Kier alpha value is -3.28. The van der Waals surface area contributed by atoms with Gasteiger partial charge >= 0.3 is 0 Å². The van der Waals surface area contributed by atoms with Crippen LogP contribution in [-0.4, -0.2) is 39.3 Å². The zero-order chi connectivity index (χ0) is 21.8. The summed E-state index contributed by atoms with van der Waals surface area (Å²) in [5.74, 6) is 0.890. The highest BCUT2D eigenvalue weighted by molar-refractivity contribution is 6.00. The molecule has 6 nitrogen and oxygen atoms in total. The Labute approximate surface area is 182 Å². The Morgan fingerprint density at radius 1 is 1.10 bits per heavy atom. The first-order valence-corrected chi connectivity index (χ1v) is 11.1. The number of para-hydroxylation sites is 1. The average Bonchev–Trinajstić information content (AvgIpc) is 3.32. The first kappa shape index (κ1) is 21.0. The smallest absolute Gasteiger partial charge is 0.273 e. The second-order valence-corrected chi connectivity index (χ2v) is 7.91. The van der Waals surface area contributed by atoms with Crippen molar-refractivity contribution in [2.45, 2.75) is 45.6 Å². The Kier molecular flexibility index (Phi) is 6.26. The Balaban J connectivity index is 1.79. The number of carbonyl (C=O) groups is 1. The number of phenols is 1. The highest BCUT2D eigenvalue weighted by Gasteiger charge is 2.42. The van der Waals surface area contributed by atoms with Gasteiger partial charge in [0.25, 0.3) is 5.91 Å². The van der Waals surface area contributed by atoms with Crippen molar-refractivity contribution in [1.82, 2.24) is 15.1 Å². The molecule has 2 aromatic carbocycles. The normalized spacial score (nSPS) is 15.4.